The Morgan fingerprint density at radius 2 is 1.95 bits per heavy atom. The van der Waals surface area contributed by atoms with Gasteiger partial charge in [0.15, 0.2) is 5.78 Å². The predicted molar refractivity (Wildman–Crippen MR) is 144 cm³/mol. The van der Waals surface area contributed by atoms with Gasteiger partial charge in [0.25, 0.3) is 0 Å². The fourth-order valence-corrected chi connectivity index (χ4v) is 6.70. The van der Waals surface area contributed by atoms with Gasteiger partial charge < -0.3 is 24.2 Å². The summed E-state index contributed by atoms with van der Waals surface area (Å²) in [6.45, 7) is 8.49. The number of Topliss-reactive ketones (excluding diaryl/α,β-unsaturated/α-hetero) is 1. The molecule has 1 N–H and O–H groups in total. The van der Waals surface area contributed by atoms with E-state index in [1.807, 2.05) is 18.2 Å². The molecule has 0 spiro atoms. The fraction of sp³-hybridized carbons (Fsp3) is 0.310. The minimum absolute atomic E-state index is 0.0190. The first-order chi connectivity index (χ1) is 18.8. The number of nitrogens with zero attached hydrogens (tertiary/aromatic N) is 1. The van der Waals surface area contributed by atoms with Crippen LogP contribution in [0, 0.1) is 5.92 Å². The van der Waals surface area contributed by atoms with Crippen molar-refractivity contribution in [3.05, 3.63) is 76.9 Å². The molecular weight excluding hydrogens is 522 g/mol. The average Bonchev–Trinajstić information content (AvgIpc) is 3.47. The Balaban J connectivity index is 1.53. The van der Waals surface area contributed by atoms with E-state index >= 15 is 0 Å². The third-order valence-electron chi connectivity index (χ3n) is 7.12. The van der Waals surface area contributed by atoms with Crippen molar-refractivity contribution in [3.63, 3.8) is 0 Å². The Morgan fingerprint density at radius 1 is 1.21 bits per heavy atom. The number of hydrogen-bond donors (Lipinski definition) is 1. The van der Waals surface area contributed by atoms with Crippen molar-refractivity contribution >= 4 is 50.8 Å². The number of thiophene rings is 1. The average molecular weight is 550 g/mol. The Bertz CT molecular complexity index is 1480. The topological polar surface area (TPSA) is 119 Å². The van der Waals surface area contributed by atoms with Gasteiger partial charge in [0.2, 0.25) is 5.91 Å². The Hall–Kier alpha value is -4.02. The second kappa shape index (κ2) is 10.6. The summed E-state index contributed by atoms with van der Waals surface area (Å²) in [6, 6.07) is 5.06. The molecule has 1 fully saturated rings. The van der Waals surface area contributed by atoms with Crippen molar-refractivity contribution in [2.45, 2.75) is 38.5 Å². The van der Waals surface area contributed by atoms with E-state index in [0.717, 1.165) is 10.1 Å². The summed E-state index contributed by atoms with van der Waals surface area (Å²) >= 11 is 1.43. The van der Waals surface area contributed by atoms with Crippen molar-refractivity contribution in [1.29, 1.82) is 0 Å². The van der Waals surface area contributed by atoms with E-state index in [0.29, 0.717) is 33.6 Å². The molecule has 1 saturated heterocycles. The summed E-state index contributed by atoms with van der Waals surface area (Å²) in [4.78, 5) is 53.7. The van der Waals surface area contributed by atoms with Crippen molar-refractivity contribution < 1.29 is 38.5 Å². The van der Waals surface area contributed by atoms with Crippen LogP contribution in [0.5, 0.6) is 0 Å². The third kappa shape index (κ3) is 4.49. The van der Waals surface area contributed by atoms with Crippen LogP contribution in [0.4, 0.5) is 4.79 Å². The molecule has 2 aliphatic heterocycles. The number of fused-ring (bicyclic) bond motifs is 4. The van der Waals surface area contributed by atoms with Gasteiger partial charge in [-0.3, -0.25) is 9.59 Å². The summed E-state index contributed by atoms with van der Waals surface area (Å²) in [5, 5.41) is 10.4. The van der Waals surface area contributed by atoms with E-state index in [1.54, 1.807) is 13.0 Å². The zero-order valence-electron chi connectivity index (χ0n) is 21.3. The quantitative estimate of drug-likeness (QED) is 0.279. The predicted octanol–water partition coefficient (Wildman–Crippen LogP) is 4.31. The standard InChI is InChI=1S/C29H27NO8S/c1-4-10-36-28(34)25-18(13-20-23(27(33)30(20)25)15(3)38-29(35)37-11-5-2)17-7-8-21(32)24-19-12-16(14-31)6-9-22(19)39-26(17)24/h4-7,9,12,15,20,23,31H,1-2,8,10-11,13-14H2,3H3/t15-,20-,23-/m1/s1. The minimum atomic E-state index is -0.906. The molecule has 0 bridgehead atoms. The van der Waals surface area contributed by atoms with Crippen LogP contribution in [0.15, 0.2) is 60.9 Å². The Labute approximate surface area is 228 Å². The number of aliphatic hydroxyl groups is 1. The van der Waals surface area contributed by atoms with E-state index in [9.17, 15) is 24.3 Å². The van der Waals surface area contributed by atoms with Crippen LogP contribution in [-0.4, -0.2) is 59.2 Å². The first kappa shape index (κ1) is 26.6. The van der Waals surface area contributed by atoms with Crippen molar-refractivity contribution in [2.24, 2.45) is 5.92 Å². The first-order valence-corrected chi connectivity index (χ1v) is 13.3. The van der Waals surface area contributed by atoms with Gasteiger partial charge in [0.1, 0.15) is 25.0 Å². The molecule has 1 aromatic heterocycles. The number of β-lactam (4-membered cyclic amide) rings is 1. The number of ether oxygens (including phenoxy) is 3. The van der Waals surface area contributed by atoms with Gasteiger partial charge in [-0.25, -0.2) is 9.59 Å². The van der Waals surface area contributed by atoms with Gasteiger partial charge >= 0.3 is 12.1 Å². The number of carbonyl (C=O) groups excluding carboxylic acids is 4. The molecule has 39 heavy (non-hydrogen) atoms. The van der Waals surface area contributed by atoms with Crippen LogP contribution in [0.3, 0.4) is 0 Å². The molecule has 0 radical (unpaired) electrons. The lowest BCUT2D eigenvalue weighted by Gasteiger charge is -2.45. The molecule has 2 aromatic rings. The first-order valence-electron chi connectivity index (χ1n) is 12.5. The SMILES string of the molecule is C=CCOC(=O)O[C@H](C)[C@H]1C(=O)N2C(C(=O)OCC=C)=C(C3=CCC(=O)c4c3sc3ccc(CO)cc43)C[C@H]12. The molecule has 0 saturated carbocycles. The number of benzene rings is 1. The lowest BCUT2D eigenvalue weighted by Crippen LogP contribution is -2.62. The van der Waals surface area contributed by atoms with Crippen LogP contribution in [0.25, 0.3) is 15.7 Å². The molecule has 3 atom stereocenters. The molecule has 0 unspecified atom stereocenters. The van der Waals surface area contributed by atoms with Gasteiger partial charge in [-0.1, -0.05) is 37.5 Å². The summed E-state index contributed by atoms with van der Waals surface area (Å²) in [7, 11) is 0. The molecule has 5 rings (SSSR count). The highest BCUT2D eigenvalue weighted by Gasteiger charge is 2.58. The summed E-state index contributed by atoms with van der Waals surface area (Å²) < 4.78 is 16.5. The number of rotatable bonds is 9. The lowest BCUT2D eigenvalue weighted by atomic mass is 9.81. The van der Waals surface area contributed by atoms with Crippen LogP contribution in [0.2, 0.25) is 0 Å². The molecule has 10 heteroatoms. The van der Waals surface area contributed by atoms with Gasteiger partial charge in [0, 0.05) is 26.9 Å². The van der Waals surface area contributed by atoms with Gasteiger partial charge in [-0.15, -0.1) is 11.3 Å². The molecular formula is C29H27NO8S. The lowest BCUT2D eigenvalue weighted by molar-refractivity contribution is -0.162. The number of ketones is 1. The molecule has 3 heterocycles. The highest BCUT2D eigenvalue weighted by atomic mass is 32.1. The second-order valence-corrected chi connectivity index (χ2v) is 10.5. The maximum Gasteiger partial charge on any atom is 0.508 e. The summed E-state index contributed by atoms with van der Waals surface area (Å²) in [5.41, 5.74) is 2.69. The van der Waals surface area contributed by atoms with Gasteiger partial charge in [-0.05, 0) is 42.2 Å². The number of amides is 1. The molecule has 1 aromatic carbocycles. The van der Waals surface area contributed by atoms with Crippen LogP contribution in [-0.2, 0) is 30.4 Å². The second-order valence-electron chi connectivity index (χ2n) is 9.43. The molecule has 1 aliphatic carbocycles. The summed E-state index contributed by atoms with van der Waals surface area (Å²) in [6.07, 6.45) is 3.40. The van der Waals surface area contributed by atoms with E-state index in [2.05, 4.69) is 13.2 Å². The Morgan fingerprint density at radius 3 is 2.67 bits per heavy atom. The number of aliphatic hydroxyl groups excluding tert-OH is 1. The van der Waals surface area contributed by atoms with Gasteiger partial charge in [-0.2, -0.15) is 0 Å². The van der Waals surface area contributed by atoms with Crippen molar-refractivity contribution in [3.8, 4) is 0 Å². The molecule has 1 amide bonds. The monoisotopic (exact) mass is 549 g/mol. The smallest absolute Gasteiger partial charge is 0.457 e. The number of esters is 1. The van der Waals surface area contributed by atoms with Crippen LogP contribution >= 0.6 is 11.3 Å². The molecule has 9 nitrogen and oxygen atoms in total. The number of carbonyl (C=O) groups is 4. The maximum absolute atomic E-state index is 13.3. The zero-order valence-corrected chi connectivity index (χ0v) is 22.1. The van der Waals surface area contributed by atoms with Crippen molar-refractivity contribution in [1.82, 2.24) is 4.90 Å². The van der Waals surface area contributed by atoms with Gasteiger partial charge in [0.05, 0.1) is 18.6 Å². The Kier molecular flexibility index (Phi) is 7.24. The summed E-state index contributed by atoms with van der Waals surface area (Å²) in [5.74, 6) is -1.76. The zero-order chi connectivity index (χ0) is 27.8. The third-order valence-corrected chi connectivity index (χ3v) is 8.32. The largest absolute Gasteiger partial charge is 0.508 e. The van der Waals surface area contributed by atoms with E-state index in [4.69, 9.17) is 14.2 Å². The number of hydrogen-bond acceptors (Lipinski definition) is 9. The molecule has 3 aliphatic rings. The van der Waals surface area contributed by atoms with Crippen LogP contribution < -0.4 is 0 Å². The highest BCUT2D eigenvalue weighted by molar-refractivity contribution is 7.20. The molecule has 202 valence electrons. The van der Waals surface area contributed by atoms with Crippen molar-refractivity contribution in [2.75, 3.05) is 13.2 Å². The maximum atomic E-state index is 13.3. The van der Waals surface area contributed by atoms with E-state index in [-0.39, 0.29) is 43.6 Å². The fourth-order valence-electron chi connectivity index (χ4n) is 5.43. The van der Waals surface area contributed by atoms with Crippen LogP contribution in [0.1, 0.15) is 40.6 Å². The van der Waals surface area contributed by atoms with E-state index < -0.39 is 30.2 Å². The normalized spacial score (nSPS) is 20.6. The number of allylic oxidation sites excluding steroid dienone is 2. The highest BCUT2D eigenvalue weighted by Crippen LogP contribution is 2.51. The van der Waals surface area contributed by atoms with E-state index in [1.165, 1.54) is 28.4 Å². The minimum Gasteiger partial charge on any atom is -0.457 e.